The van der Waals surface area contributed by atoms with E-state index in [4.69, 9.17) is 0 Å². The van der Waals surface area contributed by atoms with Gasteiger partial charge in [0.05, 0.1) is 6.04 Å². The minimum atomic E-state index is -0.158. The summed E-state index contributed by atoms with van der Waals surface area (Å²) in [4.78, 5) is 11.6. The molecule has 1 heterocycles. The summed E-state index contributed by atoms with van der Waals surface area (Å²) in [6, 6.07) is 6.02. The highest BCUT2D eigenvalue weighted by atomic mass is 16.1. The molecular weight excluding hydrogens is 186 g/mol. The number of nitrogens with one attached hydrogen (secondary N) is 1. The lowest BCUT2D eigenvalue weighted by atomic mass is 9.97. The average Bonchev–Trinajstić information content (AvgIpc) is 2.23. The Morgan fingerprint density at radius 2 is 2.07 bits per heavy atom. The van der Waals surface area contributed by atoms with Gasteiger partial charge in [-0.25, -0.2) is 0 Å². The molecule has 1 atom stereocenters. The second kappa shape index (κ2) is 3.99. The molecule has 0 aliphatic carbocycles. The Hall–Kier alpha value is -1.41. The molecule has 2 nitrogen and oxygen atoms in total. The van der Waals surface area contributed by atoms with Crippen molar-refractivity contribution in [3.8, 4) is 0 Å². The van der Waals surface area contributed by atoms with Gasteiger partial charge in [0, 0.05) is 6.54 Å². The number of hydrogen-bond donors (Lipinski definition) is 1. The third-order valence-electron chi connectivity index (χ3n) is 2.87. The van der Waals surface area contributed by atoms with Crippen LogP contribution in [0, 0.1) is 13.8 Å². The first kappa shape index (κ1) is 10.1. The number of benzene rings is 1. The van der Waals surface area contributed by atoms with Crippen molar-refractivity contribution in [2.45, 2.75) is 19.9 Å². The summed E-state index contributed by atoms with van der Waals surface area (Å²) in [5, 5.41) is 3.20. The molecule has 2 rings (SSSR count). The van der Waals surface area contributed by atoms with Crippen LogP contribution in [0.5, 0.6) is 0 Å². The molecule has 0 bridgehead atoms. The zero-order valence-electron chi connectivity index (χ0n) is 9.08. The molecule has 1 aliphatic heterocycles. The molecule has 2 heteroatoms. The van der Waals surface area contributed by atoms with Crippen LogP contribution in [0.1, 0.15) is 22.7 Å². The molecule has 0 saturated carbocycles. The average molecular weight is 201 g/mol. The molecule has 1 aliphatic rings. The standard InChI is InChI=1S/C13H15NO/c1-9-5-6-11(8-10(9)2)13-12(15)4-3-7-14-13/h3-6,8,13-14H,7H2,1-2H3. The molecule has 0 amide bonds. The van der Waals surface area contributed by atoms with Gasteiger partial charge in [0.2, 0.25) is 0 Å². The first-order chi connectivity index (χ1) is 7.18. The van der Waals surface area contributed by atoms with Crippen molar-refractivity contribution in [1.82, 2.24) is 5.32 Å². The van der Waals surface area contributed by atoms with Crippen molar-refractivity contribution < 1.29 is 4.79 Å². The van der Waals surface area contributed by atoms with E-state index in [0.717, 1.165) is 12.1 Å². The van der Waals surface area contributed by atoms with Gasteiger partial charge < -0.3 is 0 Å². The summed E-state index contributed by atoms with van der Waals surface area (Å²) < 4.78 is 0. The quantitative estimate of drug-likeness (QED) is 0.753. The van der Waals surface area contributed by atoms with E-state index in [0.29, 0.717) is 0 Å². The summed E-state index contributed by atoms with van der Waals surface area (Å²) in [7, 11) is 0. The van der Waals surface area contributed by atoms with Gasteiger partial charge in [0.1, 0.15) is 0 Å². The van der Waals surface area contributed by atoms with Crippen molar-refractivity contribution in [3.05, 3.63) is 47.0 Å². The summed E-state index contributed by atoms with van der Waals surface area (Å²) in [5.74, 6) is 0.143. The molecule has 1 aromatic rings. The predicted octanol–water partition coefficient (Wildman–Crippen LogP) is 2.07. The van der Waals surface area contributed by atoms with E-state index in [1.54, 1.807) is 6.08 Å². The Kier molecular flexibility index (Phi) is 2.69. The Morgan fingerprint density at radius 1 is 1.27 bits per heavy atom. The fourth-order valence-corrected chi connectivity index (χ4v) is 1.78. The summed E-state index contributed by atoms with van der Waals surface area (Å²) in [6.07, 6.45) is 3.52. The van der Waals surface area contributed by atoms with Crippen LogP contribution in [0.3, 0.4) is 0 Å². The largest absolute Gasteiger partial charge is 0.300 e. The SMILES string of the molecule is Cc1ccc(C2NCC=CC2=O)cc1C. The maximum absolute atomic E-state index is 11.6. The number of rotatable bonds is 1. The van der Waals surface area contributed by atoms with Crippen LogP contribution in [0.4, 0.5) is 0 Å². The minimum absolute atomic E-state index is 0.143. The van der Waals surface area contributed by atoms with Gasteiger partial charge in [-0.1, -0.05) is 24.3 Å². The number of aryl methyl sites for hydroxylation is 2. The van der Waals surface area contributed by atoms with Crippen LogP contribution in [0.25, 0.3) is 0 Å². The monoisotopic (exact) mass is 201 g/mol. The van der Waals surface area contributed by atoms with E-state index in [9.17, 15) is 4.79 Å². The predicted molar refractivity (Wildman–Crippen MR) is 60.8 cm³/mol. The van der Waals surface area contributed by atoms with Crippen molar-refractivity contribution in [1.29, 1.82) is 0 Å². The first-order valence-corrected chi connectivity index (χ1v) is 5.19. The number of hydrogen-bond acceptors (Lipinski definition) is 2. The fourth-order valence-electron chi connectivity index (χ4n) is 1.78. The van der Waals surface area contributed by atoms with E-state index in [-0.39, 0.29) is 11.8 Å². The van der Waals surface area contributed by atoms with Gasteiger partial charge in [-0.3, -0.25) is 10.1 Å². The molecule has 0 saturated heterocycles. The van der Waals surface area contributed by atoms with Gasteiger partial charge in [-0.2, -0.15) is 0 Å². The van der Waals surface area contributed by atoms with Crippen molar-refractivity contribution >= 4 is 5.78 Å². The molecule has 0 fully saturated rings. The summed E-state index contributed by atoms with van der Waals surface area (Å²) in [5.41, 5.74) is 3.56. The Balaban J connectivity index is 2.33. The van der Waals surface area contributed by atoms with Gasteiger partial charge in [-0.05, 0) is 36.6 Å². The maximum atomic E-state index is 11.6. The van der Waals surface area contributed by atoms with Crippen molar-refractivity contribution in [3.63, 3.8) is 0 Å². The highest BCUT2D eigenvalue weighted by Crippen LogP contribution is 2.19. The third kappa shape index (κ3) is 2.00. The van der Waals surface area contributed by atoms with Crippen LogP contribution >= 0.6 is 0 Å². The third-order valence-corrected chi connectivity index (χ3v) is 2.87. The van der Waals surface area contributed by atoms with Gasteiger partial charge >= 0.3 is 0 Å². The van der Waals surface area contributed by atoms with Crippen LogP contribution in [0.15, 0.2) is 30.4 Å². The van der Waals surface area contributed by atoms with E-state index in [1.807, 2.05) is 12.1 Å². The van der Waals surface area contributed by atoms with Crippen LogP contribution in [-0.4, -0.2) is 12.3 Å². The molecule has 0 spiro atoms. The molecule has 78 valence electrons. The van der Waals surface area contributed by atoms with Gasteiger partial charge in [-0.15, -0.1) is 0 Å². The maximum Gasteiger partial charge on any atom is 0.176 e. The van der Waals surface area contributed by atoms with Crippen LogP contribution in [-0.2, 0) is 4.79 Å². The van der Waals surface area contributed by atoms with Gasteiger partial charge in [0.15, 0.2) is 5.78 Å². The van der Waals surface area contributed by atoms with Crippen LogP contribution < -0.4 is 5.32 Å². The van der Waals surface area contributed by atoms with Gasteiger partial charge in [0.25, 0.3) is 0 Å². The van der Waals surface area contributed by atoms with E-state index in [1.165, 1.54) is 11.1 Å². The molecule has 1 N–H and O–H groups in total. The first-order valence-electron chi connectivity index (χ1n) is 5.19. The number of carbonyl (C=O) groups is 1. The second-order valence-corrected chi connectivity index (χ2v) is 3.99. The lowest BCUT2D eigenvalue weighted by Gasteiger charge is -2.19. The minimum Gasteiger partial charge on any atom is -0.300 e. The number of ketones is 1. The normalized spacial score (nSPS) is 20.7. The highest BCUT2D eigenvalue weighted by molar-refractivity contribution is 5.95. The summed E-state index contributed by atoms with van der Waals surface area (Å²) in [6.45, 7) is 4.92. The van der Waals surface area contributed by atoms with Crippen LogP contribution in [0.2, 0.25) is 0 Å². The number of carbonyl (C=O) groups excluding carboxylic acids is 1. The Bertz CT molecular complexity index is 421. The zero-order chi connectivity index (χ0) is 10.8. The molecule has 0 aromatic heterocycles. The lowest BCUT2D eigenvalue weighted by molar-refractivity contribution is -0.116. The lowest BCUT2D eigenvalue weighted by Crippen LogP contribution is -2.31. The Morgan fingerprint density at radius 3 is 2.73 bits per heavy atom. The highest BCUT2D eigenvalue weighted by Gasteiger charge is 2.19. The molecule has 1 aromatic carbocycles. The Labute approximate surface area is 90.0 Å². The van der Waals surface area contributed by atoms with Crippen molar-refractivity contribution in [2.24, 2.45) is 0 Å². The zero-order valence-corrected chi connectivity index (χ0v) is 9.08. The van der Waals surface area contributed by atoms with E-state index >= 15 is 0 Å². The molecular formula is C13H15NO. The molecule has 0 radical (unpaired) electrons. The smallest absolute Gasteiger partial charge is 0.176 e. The molecule has 1 unspecified atom stereocenters. The topological polar surface area (TPSA) is 29.1 Å². The fraction of sp³-hybridized carbons (Fsp3) is 0.308. The van der Waals surface area contributed by atoms with Crippen molar-refractivity contribution in [2.75, 3.05) is 6.54 Å². The van der Waals surface area contributed by atoms with E-state index < -0.39 is 0 Å². The van der Waals surface area contributed by atoms with E-state index in [2.05, 4.69) is 31.3 Å². The summed E-state index contributed by atoms with van der Waals surface area (Å²) >= 11 is 0. The second-order valence-electron chi connectivity index (χ2n) is 3.99. The molecule has 15 heavy (non-hydrogen) atoms.